The molecular formula is C16H9F3N2O2. The Kier molecular flexibility index (Phi) is 4.46. The largest absolute Gasteiger partial charge is 0.454 e. The number of Topliss-reactive ketones (excluding diaryl/α,β-unsaturated/α-hetero) is 1. The van der Waals surface area contributed by atoms with Crippen molar-refractivity contribution < 1.29 is 22.8 Å². The summed E-state index contributed by atoms with van der Waals surface area (Å²) in [5.41, 5.74) is 0.433. The van der Waals surface area contributed by atoms with E-state index in [1.807, 2.05) is 6.07 Å². The molecule has 0 saturated carbocycles. The lowest BCUT2D eigenvalue weighted by molar-refractivity contribution is -0.0885. The summed E-state index contributed by atoms with van der Waals surface area (Å²) in [6.45, 7) is 0. The van der Waals surface area contributed by atoms with Gasteiger partial charge in [0, 0.05) is 16.8 Å². The standard InChI is InChI=1S/C16H9F3N2O2/c17-16(18,19)14(22)11-5-7-13(8-6-11)21-15(23)12-3-1-10(9-20)2-4-12/h1-8H,(H,21,23). The lowest BCUT2D eigenvalue weighted by atomic mass is 10.1. The predicted molar refractivity (Wildman–Crippen MR) is 75.9 cm³/mol. The number of carbonyl (C=O) groups is 2. The third kappa shape index (κ3) is 3.95. The molecule has 0 saturated heterocycles. The summed E-state index contributed by atoms with van der Waals surface area (Å²) in [7, 11) is 0. The first kappa shape index (κ1) is 16.2. The molecule has 2 aromatic rings. The van der Waals surface area contributed by atoms with E-state index in [2.05, 4.69) is 5.32 Å². The fraction of sp³-hybridized carbons (Fsp3) is 0.0625. The molecule has 0 aliphatic heterocycles. The Hall–Kier alpha value is -3.14. The zero-order chi connectivity index (χ0) is 17.0. The topological polar surface area (TPSA) is 70.0 Å². The van der Waals surface area contributed by atoms with Gasteiger partial charge in [0.15, 0.2) is 0 Å². The average molecular weight is 318 g/mol. The first-order chi connectivity index (χ1) is 10.8. The minimum atomic E-state index is -4.94. The van der Waals surface area contributed by atoms with Gasteiger partial charge in [-0.05, 0) is 48.5 Å². The van der Waals surface area contributed by atoms with E-state index in [1.165, 1.54) is 36.4 Å². The van der Waals surface area contributed by atoms with Crippen LogP contribution in [0, 0.1) is 11.3 Å². The molecule has 0 unspecified atom stereocenters. The number of carbonyl (C=O) groups excluding carboxylic acids is 2. The molecule has 7 heteroatoms. The lowest BCUT2D eigenvalue weighted by Gasteiger charge is -2.08. The van der Waals surface area contributed by atoms with Gasteiger partial charge in [-0.2, -0.15) is 18.4 Å². The summed E-state index contributed by atoms with van der Waals surface area (Å²) in [5.74, 6) is -2.42. The predicted octanol–water partition coefficient (Wildman–Crippen LogP) is 3.56. The first-order valence-electron chi connectivity index (χ1n) is 6.34. The molecule has 116 valence electrons. The zero-order valence-electron chi connectivity index (χ0n) is 11.5. The molecule has 23 heavy (non-hydrogen) atoms. The number of ketones is 1. The minimum absolute atomic E-state index is 0.248. The molecule has 0 spiro atoms. The van der Waals surface area contributed by atoms with Crippen LogP contribution in [0.15, 0.2) is 48.5 Å². The number of benzene rings is 2. The first-order valence-corrected chi connectivity index (χ1v) is 6.34. The molecule has 0 bridgehead atoms. The molecule has 0 aliphatic rings. The quantitative estimate of drug-likeness (QED) is 0.880. The van der Waals surface area contributed by atoms with Crippen LogP contribution in [-0.2, 0) is 0 Å². The number of hydrogen-bond acceptors (Lipinski definition) is 3. The fourth-order valence-electron chi connectivity index (χ4n) is 1.77. The van der Waals surface area contributed by atoms with Gasteiger partial charge in [0.1, 0.15) is 0 Å². The maximum absolute atomic E-state index is 12.3. The van der Waals surface area contributed by atoms with Crippen LogP contribution < -0.4 is 5.32 Å². The molecule has 1 amide bonds. The smallest absolute Gasteiger partial charge is 0.322 e. The summed E-state index contributed by atoms with van der Waals surface area (Å²) < 4.78 is 36.9. The molecule has 0 aromatic heterocycles. The highest BCUT2D eigenvalue weighted by atomic mass is 19.4. The highest BCUT2D eigenvalue weighted by Crippen LogP contribution is 2.22. The SMILES string of the molecule is N#Cc1ccc(C(=O)Nc2ccc(C(=O)C(F)(F)F)cc2)cc1. The Morgan fingerprint density at radius 3 is 1.91 bits per heavy atom. The van der Waals surface area contributed by atoms with Gasteiger partial charge >= 0.3 is 6.18 Å². The van der Waals surface area contributed by atoms with E-state index in [0.29, 0.717) is 11.1 Å². The molecule has 2 rings (SSSR count). The molecule has 2 aromatic carbocycles. The number of nitriles is 1. The summed E-state index contributed by atoms with van der Waals surface area (Å²) >= 11 is 0. The lowest BCUT2D eigenvalue weighted by Crippen LogP contribution is -2.22. The van der Waals surface area contributed by atoms with Crippen molar-refractivity contribution in [2.24, 2.45) is 0 Å². The van der Waals surface area contributed by atoms with Crippen molar-refractivity contribution in [2.75, 3.05) is 5.32 Å². The van der Waals surface area contributed by atoms with Gasteiger partial charge in [0.2, 0.25) is 0 Å². The summed E-state index contributed by atoms with van der Waals surface area (Å²) in [6, 6.07) is 12.2. The maximum Gasteiger partial charge on any atom is 0.454 e. The van der Waals surface area contributed by atoms with Gasteiger partial charge < -0.3 is 5.32 Å². The van der Waals surface area contributed by atoms with Gasteiger partial charge in [0.05, 0.1) is 11.6 Å². The Balaban J connectivity index is 2.10. The molecule has 4 nitrogen and oxygen atoms in total. The zero-order valence-corrected chi connectivity index (χ0v) is 11.5. The normalized spacial score (nSPS) is 10.7. The van der Waals surface area contributed by atoms with Crippen LogP contribution in [0.1, 0.15) is 26.3 Å². The molecule has 0 radical (unpaired) electrons. The number of halogens is 3. The van der Waals surface area contributed by atoms with E-state index in [4.69, 9.17) is 5.26 Å². The maximum atomic E-state index is 12.3. The number of nitrogens with one attached hydrogen (secondary N) is 1. The van der Waals surface area contributed by atoms with Crippen LogP contribution in [0.3, 0.4) is 0 Å². The van der Waals surface area contributed by atoms with Crippen LogP contribution >= 0.6 is 0 Å². The van der Waals surface area contributed by atoms with Crippen molar-refractivity contribution in [3.8, 4) is 6.07 Å². The van der Waals surface area contributed by atoms with Crippen LogP contribution in [0.4, 0.5) is 18.9 Å². The van der Waals surface area contributed by atoms with Gasteiger partial charge in [-0.15, -0.1) is 0 Å². The Morgan fingerprint density at radius 1 is 0.913 bits per heavy atom. The van der Waals surface area contributed by atoms with E-state index in [-0.39, 0.29) is 5.69 Å². The van der Waals surface area contributed by atoms with Crippen molar-refractivity contribution in [1.29, 1.82) is 5.26 Å². The van der Waals surface area contributed by atoms with Gasteiger partial charge in [-0.1, -0.05) is 0 Å². The second-order valence-corrected chi connectivity index (χ2v) is 4.55. The summed E-state index contributed by atoms with van der Waals surface area (Å²) in [6.07, 6.45) is -4.94. The van der Waals surface area contributed by atoms with Crippen LogP contribution in [0.25, 0.3) is 0 Å². The Morgan fingerprint density at radius 2 is 1.43 bits per heavy atom. The van der Waals surface area contributed by atoms with Crippen LogP contribution in [0.2, 0.25) is 0 Å². The number of nitrogens with zero attached hydrogens (tertiary/aromatic N) is 1. The average Bonchev–Trinajstić information content (AvgIpc) is 2.54. The van der Waals surface area contributed by atoms with Crippen LogP contribution in [0.5, 0.6) is 0 Å². The molecular weight excluding hydrogens is 309 g/mol. The summed E-state index contributed by atoms with van der Waals surface area (Å²) in [5, 5.41) is 11.2. The molecule has 0 heterocycles. The van der Waals surface area contributed by atoms with E-state index in [9.17, 15) is 22.8 Å². The monoisotopic (exact) mass is 318 g/mol. The van der Waals surface area contributed by atoms with E-state index in [0.717, 1.165) is 12.1 Å². The van der Waals surface area contributed by atoms with Crippen molar-refractivity contribution in [3.05, 3.63) is 65.2 Å². The number of anilines is 1. The van der Waals surface area contributed by atoms with Crippen molar-refractivity contribution in [1.82, 2.24) is 0 Å². The van der Waals surface area contributed by atoms with Gasteiger partial charge in [0.25, 0.3) is 11.7 Å². The second kappa shape index (κ2) is 6.32. The van der Waals surface area contributed by atoms with Gasteiger partial charge in [-0.25, -0.2) is 0 Å². The summed E-state index contributed by atoms with van der Waals surface area (Å²) in [4.78, 5) is 23.0. The van der Waals surface area contributed by atoms with Crippen LogP contribution in [-0.4, -0.2) is 17.9 Å². The Bertz CT molecular complexity index is 773. The molecule has 0 fully saturated rings. The van der Waals surface area contributed by atoms with Crippen molar-refractivity contribution in [2.45, 2.75) is 6.18 Å². The van der Waals surface area contributed by atoms with Crippen molar-refractivity contribution >= 4 is 17.4 Å². The van der Waals surface area contributed by atoms with Crippen molar-refractivity contribution in [3.63, 3.8) is 0 Å². The van der Waals surface area contributed by atoms with E-state index >= 15 is 0 Å². The third-order valence-electron chi connectivity index (χ3n) is 2.94. The number of amides is 1. The number of rotatable bonds is 3. The van der Waals surface area contributed by atoms with E-state index in [1.54, 1.807) is 0 Å². The highest BCUT2D eigenvalue weighted by molar-refractivity contribution is 6.05. The molecule has 1 N–H and O–H groups in total. The Labute approximate surface area is 129 Å². The van der Waals surface area contributed by atoms with E-state index < -0.39 is 23.4 Å². The number of hydrogen-bond donors (Lipinski definition) is 1. The fourth-order valence-corrected chi connectivity index (χ4v) is 1.77. The van der Waals surface area contributed by atoms with Gasteiger partial charge in [-0.3, -0.25) is 9.59 Å². The third-order valence-corrected chi connectivity index (χ3v) is 2.94. The number of alkyl halides is 3. The second-order valence-electron chi connectivity index (χ2n) is 4.55. The molecule has 0 aliphatic carbocycles. The highest BCUT2D eigenvalue weighted by Gasteiger charge is 2.39. The molecule has 0 atom stereocenters. The minimum Gasteiger partial charge on any atom is -0.322 e.